The molecule has 2 heterocycles. The molecule has 3 rings (SSSR count). The monoisotopic (exact) mass is 347 g/mol. The molecule has 0 aliphatic rings. The second-order valence-electron chi connectivity index (χ2n) is 5.69. The van der Waals surface area contributed by atoms with Crippen LogP contribution in [0.3, 0.4) is 0 Å². The van der Waals surface area contributed by atoms with Gasteiger partial charge in [-0.1, -0.05) is 6.07 Å². The fraction of sp³-hybridized carbons (Fsp3) is 0.235. The van der Waals surface area contributed by atoms with E-state index in [0.29, 0.717) is 22.2 Å². The zero-order valence-corrected chi connectivity index (χ0v) is 13.9. The molecule has 2 aromatic heterocycles. The molecule has 0 amide bonds. The second kappa shape index (κ2) is 6.30. The predicted octanol–water partition coefficient (Wildman–Crippen LogP) is 3.32. The van der Waals surface area contributed by atoms with Gasteiger partial charge >= 0.3 is 0 Å². The fourth-order valence-electron chi connectivity index (χ4n) is 2.82. The van der Waals surface area contributed by atoms with E-state index in [1.54, 1.807) is 18.2 Å². The molecule has 0 radical (unpaired) electrons. The molecule has 1 aromatic carbocycles. The van der Waals surface area contributed by atoms with Crippen LogP contribution in [-0.2, 0) is 6.61 Å². The molecule has 1 N–H and O–H groups in total. The molecule has 0 unspecified atom stereocenters. The summed E-state index contributed by atoms with van der Waals surface area (Å²) in [5.74, 6) is -0.601. The number of hydrogen-bond acceptors (Lipinski definition) is 4. The van der Waals surface area contributed by atoms with Crippen molar-refractivity contribution in [1.82, 2.24) is 14.5 Å². The van der Waals surface area contributed by atoms with Gasteiger partial charge in [0.05, 0.1) is 18.3 Å². The average Bonchev–Trinajstić information content (AvgIpc) is 2.55. The van der Waals surface area contributed by atoms with Gasteiger partial charge in [-0.25, -0.2) is 14.4 Å². The Bertz CT molecular complexity index is 985. The van der Waals surface area contributed by atoms with Crippen LogP contribution in [0.1, 0.15) is 25.6 Å². The van der Waals surface area contributed by atoms with Crippen LogP contribution in [0.4, 0.5) is 4.39 Å². The van der Waals surface area contributed by atoms with E-state index in [1.165, 1.54) is 6.07 Å². The molecule has 124 valence electrons. The van der Waals surface area contributed by atoms with E-state index >= 15 is 0 Å². The number of nitrogens with zero attached hydrogens (tertiary/aromatic N) is 3. The third-order valence-corrected chi connectivity index (χ3v) is 3.98. The summed E-state index contributed by atoms with van der Waals surface area (Å²) in [5, 5.41) is 9.99. The van der Waals surface area contributed by atoms with E-state index in [0.717, 1.165) is 6.20 Å². The van der Waals surface area contributed by atoms with Crippen molar-refractivity contribution in [3.05, 3.63) is 57.5 Å². The van der Waals surface area contributed by atoms with Gasteiger partial charge in [0.1, 0.15) is 5.69 Å². The van der Waals surface area contributed by atoms with Crippen LogP contribution in [0.5, 0.6) is 0 Å². The molecule has 0 fully saturated rings. The van der Waals surface area contributed by atoms with E-state index < -0.39 is 5.82 Å². The normalized spacial score (nSPS) is 11.4. The van der Waals surface area contributed by atoms with Crippen molar-refractivity contribution < 1.29 is 9.50 Å². The third-order valence-electron chi connectivity index (χ3n) is 3.80. The number of pyridine rings is 1. The lowest BCUT2D eigenvalue weighted by molar-refractivity contribution is 0.268. The van der Waals surface area contributed by atoms with Crippen molar-refractivity contribution in [2.24, 2.45) is 0 Å². The first-order chi connectivity index (χ1) is 11.4. The molecule has 24 heavy (non-hydrogen) atoms. The van der Waals surface area contributed by atoms with Crippen LogP contribution in [-0.4, -0.2) is 19.6 Å². The number of benzene rings is 1. The molecule has 5 nitrogen and oxygen atoms in total. The largest absolute Gasteiger partial charge is 0.390 e. The molecule has 0 saturated carbocycles. The Kier molecular flexibility index (Phi) is 4.34. The van der Waals surface area contributed by atoms with Crippen LogP contribution in [0.15, 0.2) is 35.3 Å². The highest BCUT2D eigenvalue weighted by Crippen LogP contribution is 2.27. The lowest BCUT2D eigenvalue weighted by Gasteiger charge is -2.19. The molecule has 0 bridgehead atoms. The Labute approximate surface area is 142 Å². The summed E-state index contributed by atoms with van der Waals surface area (Å²) in [6, 6.07) is 6.35. The zero-order valence-electron chi connectivity index (χ0n) is 13.1. The van der Waals surface area contributed by atoms with Crippen LogP contribution >= 0.6 is 11.6 Å². The van der Waals surface area contributed by atoms with E-state index in [4.69, 9.17) is 11.6 Å². The minimum atomic E-state index is -0.601. The second-order valence-corrected chi connectivity index (χ2v) is 6.03. The molecule has 7 heteroatoms. The molecular formula is C17H15ClFN3O2. The molecule has 0 aliphatic heterocycles. The number of aliphatic hydroxyl groups is 1. The van der Waals surface area contributed by atoms with Crippen LogP contribution in [0.25, 0.3) is 22.2 Å². The molecule has 3 aromatic rings. The fourth-order valence-corrected chi connectivity index (χ4v) is 2.95. The quantitative estimate of drug-likeness (QED) is 0.738. The summed E-state index contributed by atoms with van der Waals surface area (Å²) in [6.45, 7) is 3.62. The van der Waals surface area contributed by atoms with Gasteiger partial charge in [0.2, 0.25) is 5.28 Å². The van der Waals surface area contributed by atoms with E-state index in [2.05, 4.69) is 9.97 Å². The number of aliphatic hydroxyl groups excluding tert-OH is 1. The van der Waals surface area contributed by atoms with Crippen LogP contribution in [0, 0.1) is 5.82 Å². The topological polar surface area (TPSA) is 68.0 Å². The van der Waals surface area contributed by atoms with Crippen molar-refractivity contribution >= 4 is 22.5 Å². The standard InChI is InChI=1S/C17H15ClFN3O2/c1-9(2)22-11(8-23)6-15(24)12-4-3-10(5-14(12)22)16-13(19)7-20-17(18)21-16/h3-7,9,23H,8H2,1-2H3. The smallest absolute Gasteiger partial charge is 0.223 e. The van der Waals surface area contributed by atoms with Gasteiger partial charge in [-0.05, 0) is 37.6 Å². The van der Waals surface area contributed by atoms with Gasteiger partial charge in [0.15, 0.2) is 11.2 Å². The van der Waals surface area contributed by atoms with Crippen molar-refractivity contribution in [2.75, 3.05) is 0 Å². The maximum Gasteiger partial charge on any atom is 0.223 e. The first-order valence-electron chi connectivity index (χ1n) is 7.40. The van der Waals surface area contributed by atoms with Gasteiger partial charge in [0, 0.05) is 28.8 Å². The van der Waals surface area contributed by atoms with Crippen LogP contribution in [0.2, 0.25) is 5.28 Å². The van der Waals surface area contributed by atoms with Crippen molar-refractivity contribution in [3.63, 3.8) is 0 Å². The first kappa shape index (κ1) is 16.5. The van der Waals surface area contributed by atoms with E-state index in [-0.39, 0.29) is 29.1 Å². The molecule has 0 saturated heterocycles. The number of fused-ring (bicyclic) bond motifs is 1. The number of halogens is 2. The number of aromatic nitrogens is 3. The number of rotatable bonds is 3. The lowest BCUT2D eigenvalue weighted by atomic mass is 10.1. The summed E-state index contributed by atoms with van der Waals surface area (Å²) in [5.41, 5.74) is 1.45. The SMILES string of the molecule is CC(C)n1c(CO)cc(=O)c2ccc(-c3nc(Cl)ncc3F)cc21. The lowest BCUT2D eigenvalue weighted by Crippen LogP contribution is -2.16. The van der Waals surface area contributed by atoms with Gasteiger partial charge in [-0.3, -0.25) is 4.79 Å². The minimum Gasteiger partial charge on any atom is -0.390 e. The number of hydrogen-bond donors (Lipinski definition) is 1. The Hall–Kier alpha value is -2.31. The Balaban J connectivity index is 2.36. The highest BCUT2D eigenvalue weighted by atomic mass is 35.5. The average molecular weight is 348 g/mol. The zero-order chi connectivity index (χ0) is 17.4. The Morgan fingerprint density at radius 3 is 2.75 bits per heavy atom. The first-order valence-corrected chi connectivity index (χ1v) is 7.77. The predicted molar refractivity (Wildman–Crippen MR) is 90.5 cm³/mol. The van der Waals surface area contributed by atoms with Gasteiger partial charge in [-0.15, -0.1) is 0 Å². The summed E-state index contributed by atoms with van der Waals surface area (Å²) in [4.78, 5) is 19.8. The highest BCUT2D eigenvalue weighted by Gasteiger charge is 2.15. The molecule has 0 spiro atoms. The van der Waals surface area contributed by atoms with Gasteiger partial charge in [0.25, 0.3) is 0 Å². The maximum atomic E-state index is 14.0. The Morgan fingerprint density at radius 2 is 2.08 bits per heavy atom. The van der Waals surface area contributed by atoms with E-state index in [9.17, 15) is 14.3 Å². The Morgan fingerprint density at radius 1 is 1.33 bits per heavy atom. The third kappa shape index (κ3) is 2.79. The highest BCUT2D eigenvalue weighted by molar-refractivity contribution is 6.28. The van der Waals surface area contributed by atoms with Gasteiger partial charge in [-0.2, -0.15) is 0 Å². The van der Waals surface area contributed by atoms with Crippen molar-refractivity contribution in [3.8, 4) is 11.3 Å². The maximum absolute atomic E-state index is 14.0. The van der Waals surface area contributed by atoms with Crippen molar-refractivity contribution in [1.29, 1.82) is 0 Å². The van der Waals surface area contributed by atoms with Gasteiger partial charge < -0.3 is 9.67 Å². The molecule has 0 aliphatic carbocycles. The van der Waals surface area contributed by atoms with Crippen LogP contribution < -0.4 is 5.43 Å². The molecule has 0 atom stereocenters. The minimum absolute atomic E-state index is 0.00401. The summed E-state index contributed by atoms with van der Waals surface area (Å²) in [7, 11) is 0. The summed E-state index contributed by atoms with van der Waals surface area (Å²) in [6.07, 6.45) is 1.01. The van der Waals surface area contributed by atoms with E-state index in [1.807, 2.05) is 18.4 Å². The summed E-state index contributed by atoms with van der Waals surface area (Å²) < 4.78 is 15.9. The molecular weight excluding hydrogens is 333 g/mol. The summed E-state index contributed by atoms with van der Waals surface area (Å²) >= 11 is 5.76. The van der Waals surface area contributed by atoms with Crippen molar-refractivity contribution in [2.45, 2.75) is 26.5 Å².